The first-order chi connectivity index (χ1) is 12.6. The summed E-state index contributed by atoms with van der Waals surface area (Å²) in [6, 6.07) is 0. The van der Waals surface area contributed by atoms with Gasteiger partial charge in [0.15, 0.2) is 5.78 Å². The maximum Gasteiger partial charge on any atom is 0.178 e. The summed E-state index contributed by atoms with van der Waals surface area (Å²) in [6.07, 6.45) is 9.41. The summed E-state index contributed by atoms with van der Waals surface area (Å²) in [5.74, 6) is 1.80. The predicted molar refractivity (Wildman–Crippen MR) is 106 cm³/mol. The van der Waals surface area contributed by atoms with Crippen LogP contribution in [0.25, 0.3) is 0 Å². The molecule has 8 atom stereocenters. The number of hydrogen-bond acceptors (Lipinski definition) is 3. The summed E-state index contributed by atoms with van der Waals surface area (Å²) in [5.41, 5.74) is 0.464. The molecule has 0 bridgehead atoms. The first-order valence-electron chi connectivity index (χ1n) is 10.7. The number of hydrogen-bond donors (Lipinski definition) is 1. The third-order valence-electron chi connectivity index (χ3n) is 9.57. The van der Waals surface area contributed by atoms with Crippen LogP contribution < -0.4 is 0 Å². The van der Waals surface area contributed by atoms with Crippen LogP contribution >= 0.6 is 0 Å². The molecule has 4 aliphatic rings. The molecule has 4 aliphatic carbocycles. The van der Waals surface area contributed by atoms with Gasteiger partial charge in [0.25, 0.3) is 0 Å². The largest absolute Gasteiger partial charge is 0.393 e. The monoisotopic (exact) mass is 370 g/mol. The van der Waals surface area contributed by atoms with Crippen LogP contribution in [0.4, 0.5) is 0 Å². The van der Waals surface area contributed by atoms with Gasteiger partial charge < -0.3 is 5.11 Å². The molecule has 2 unspecified atom stereocenters. The molecule has 3 fully saturated rings. The van der Waals surface area contributed by atoms with Crippen LogP contribution in [0.2, 0.25) is 0 Å². The van der Waals surface area contributed by atoms with E-state index >= 15 is 0 Å². The fourth-order valence-corrected chi connectivity index (χ4v) is 7.84. The van der Waals surface area contributed by atoms with E-state index in [0.717, 1.165) is 19.3 Å². The van der Waals surface area contributed by atoms with Crippen LogP contribution in [0, 0.1) is 39.9 Å². The number of aliphatic hydroxyl groups excluding tert-OH is 1. The molecule has 0 saturated heterocycles. The zero-order valence-electron chi connectivity index (χ0n) is 17.4. The summed E-state index contributed by atoms with van der Waals surface area (Å²) < 4.78 is 0. The van der Waals surface area contributed by atoms with Gasteiger partial charge in [-0.3, -0.25) is 9.59 Å². The van der Waals surface area contributed by atoms with Crippen molar-refractivity contribution in [1.82, 2.24) is 0 Å². The molecule has 0 aromatic carbocycles. The summed E-state index contributed by atoms with van der Waals surface area (Å²) in [4.78, 5) is 25.0. The first-order valence-corrected chi connectivity index (χ1v) is 10.7. The molecule has 4 rings (SSSR count). The van der Waals surface area contributed by atoms with Gasteiger partial charge in [0.05, 0.1) is 6.10 Å². The molecule has 1 N–H and O–H groups in total. The van der Waals surface area contributed by atoms with Crippen LogP contribution in [-0.2, 0) is 9.59 Å². The standard InChI is InChI=1S/C24H34O3/c1-6-20(27)24(5)14(2)11-18-17-8-7-15-12-16(25)9-10-22(15,3)21(17)19(26)13-23(18,24)4/h9-10,12,14,17-19,21,26H,6-8,11,13H2,1-5H3/t14-,17+,18+,19+,21-,22?,23?,24-/m1/s1. The number of allylic oxidation sites excluding steroid dienone is 4. The van der Waals surface area contributed by atoms with E-state index in [1.54, 1.807) is 12.2 Å². The first kappa shape index (κ1) is 19.1. The van der Waals surface area contributed by atoms with E-state index in [2.05, 4.69) is 33.8 Å². The fourth-order valence-electron chi connectivity index (χ4n) is 7.84. The molecule has 27 heavy (non-hydrogen) atoms. The maximum atomic E-state index is 13.1. The van der Waals surface area contributed by atoms with Gasteiger partial charge in [-0.05, 0) is 61.0 Å². The van der Waals surface area contributed by atoms with Crippen molar-refractivity contribution >= 4 is 11.6 Å². The molecule has 0 radical (unpaired) electrons. The Morgan fingerprint density at radius 2 is 2.00 bits per heavy atom. The number of fused-ring (bicyclic) bond motifs is 5. The highest BCUT2D eigenvalue weighted by molar-refractivity contribution is 6.01. The lowest BCUT2D eigenvalue weighted by Crippen LogP contribution is -2.58. The van der Waals surface area contributed by atoms with Gasteiger partial charge in [0.2, 0.25) is 0 Å². The molecule has 0 spiro atoms. The second-order valence-electron chi connectivity index (χ2n) is 10.3. The van der Waals surface area contributed by atoms with E-state index in [1.807, 2.05) is 6.92 Å². The molecule has 3 nitrogen and oxygen atoms in total. The van der Waals surface area contributed by atoms with E-state index in [1.165, 1.54) is 5.57 Å². The van der Waals surface area contributed by atoms with Crippen molar-refractivity contribution in [2.75, 3.05) is 0 Å². The average Bonchev–Trinajstić information content (AvgIpc) is 2.82. The second-order valence-corrected chi connectivity index (χ2v) is 10.3. The lowest BCUT2D eigenvalue weighted by Gasteiger charge is -2.60. The minimum Gasteiger partial charge on any atom is -0.393 e. The zero-order chi connectivity index (χ0) is 19.8. The number of ketones is 2. The molecule has 0 heterocycles. The minimum absolute atomic E-state index is 0.0756. The van der Waals surface area contributed by atoms with Crippen LogP contribution in [0.5, 0.6) is 0 Å². The number of carbonyl (C=O) groups excluding carboxylic acids is 2. The molecule has 0 aromatic rings. The van der Waals surface area contributed by atoms with Crippen molar-refractivity contribution in [1.29, 1.82) is 0 Å². The highest BCUT2D eigenvalue weighted by Gasteiger charge is 2.68. The number of aliphatic hydroxyl groups is 1. The Balaban J connectivity index is 1.78. The third-order valence-corrected chi connectivity index (χ3v) is 9.57. The van der Waals surface area contributed by atoms with Gasteiger partial charge >= 0.3 is 0 Å². The second kappa shape index (κ2) is 5.89. The molecular weight excluding hydrogens is 336 g/mol. The molecular formula is C24H34O3. The normalized spacial score (nSPS) is 51.3. The van der Waals surface area contributed by atoms with E-state index in [9.17, 15) is 14.7 Å². The Hall–Kier alpha value is -1.22. The number of carbonyl (C=O) groups is 2. The van der Waals surface area contributed by atoms with Crippen molar-refractivity contribution < 1.29 is 14.7 Å². The molecule has 3 heteroatoms. The van der Waals surface area contributed by atoms with Crippen molar-refractivity contribution in [3.63, 3.8) is 0 Å². The summed E-state index contributed by atoms with van der Waals surface area (Å²) in [5, 5.41) is 11.4. The third kappa shape index (κ3) is 2.24. The Morgan fingerprint density at radius 1 is 1.30 bits per heavy atom. The minimum atomic E-state index is -0.433. The van der Waals surface area contributed by atoms with Crippen LogP contribution in [-0.4, -0.2) is 22.8 Å². The predicted octanol–water partition coefficient (Wildman–Crippen LogP) is 4.50. The molecule has 0 amide bonds. The topological polar surface area (TPSA) is 54.4 Å². The lowest BCUT2D eigenvalue weighted by molar-refractivity contribution is -0.155. The highest BCUT2D eigenvalue weighted by Crippen LogP contribution is 2.71. The van der Waals surface area contributed by atoms with Gasteiger partial charge in [0.1, 0.15) is 5.78 Å². The van der Waals surface area contributed by atoms with E-state index in [0.29, 0.717) is 36.4 Å². The Bertz CT molecular complexity index is 749. The molecule has 0 aromatic heterocycles. The van der Waals surface area contributed by atoms with Crippen molar-refractivity contribution in [3.8, 4) is 0 Å². The van der Waals surface area contributed by atoms with Gasteiger partial charge in [-0.25, -0.2) is 0 Å². The van der Waals surface area contributed by atoms with Crippen molar-refractivity contribution in [2.24, 2.45) is 39.9 Å². The number of Topliss-reactive ketones (excluding diaryl/α,β-unsaturated/α-hetero) is 1. The SMILES string of the molecule is CCC(=O)[C@@]1(C)[C@H](C)C[C@H]2[C@@H]3CCC4=CC(=O)C=CC4(C)[C@H]3[C@@H](O)CC21C. The van der Waals surface area contributed by atoms with E-state index in [4.69, 9.17) is 0 Å². The summed E-state index contributed by atoms with van der Waals surface area (Å²) in [7, 11) is 0. The van der Waals surface area contributed by atoms with E-state index in [-0.39, 0.29) is 27.9 Å². The molecule has 0 aliphatic heterocycles. The summed E-state index contributed by atoms with van der Waals surface area (Å²) in [6.45, 7) is 10.9. The lowest BCUT2D eigenvalue weighted by atomic mass is 9.44. The smallest absolute Gasteiger partial charge is 0.178 e. The van der Waals surface area contributed by atoms with Gasteiger partial charge in [0, 0.05) is 23.2 Å². The highest BCUT2D eigenvalue weighted by atomic mass is 16.3. The van der Waals surface area contributed by atoms with E-state index < -0.39 is 6.10 Å². The zero-order valence-corrected chi connectivity index (χ0v) is 17.4. The maximum absolute atomic E-state index is 13.1. The van der Waals surface area contributed by atoms with Gasteiger partial charge in [-0.2, -0.15) is 0 Å². The fraction of sp³-hybridized carbons (Fsp3) is 0.750. The Morgan fingerprint density at radius 3 is 2.67 bits per heavy atom. The van der Waals surface area contributed by atoms with Crippen LogP contribution in [0.3, 0.4) is 0 Å². The Kier molecular flexibility index (Phi) is 4.17. The van der Waals surface area contributed by atoms with Crippen LogP contribution in [0.15, 0.2) is 23.8 Å². The Labute approximate surface area is 163 Å². The summed E-state index contributed by atoms with van der Waals surface area (Å²) >= 11 is 0. The van der Waals surface area contributed by atoms with Crippen molar-refractivity contribution in [3.05, 3.63) is 23.8 Å². The average molecular weight is 371 g/mol. The quantitative estimate of drug-likeness (QED) is 0.779. The number of rotatable bonds is 2. The molecule has 148 valence electrons. The molecule has 3 saturated carbocycles. The van der Waals surface area contributed by atoms with Gasteiger partial charge in [-0.1, -0.05) is 46.3 Å². The van der Waals surface area contributed by atoms with Gasteiger partial charge in [-0.15, -0.1) is 0 Å². The van der Waals surface area contributed by atoms with Crippen LogP contribution in [0.1, 0.15) is 66.7 Å². The van der Waals surface area contributed by atoms with Crippen molar-refractivity contribution in [2.45, 2.75) is 72.8 Å².